The Kier molecular flexibility index (Phi) is 4.83. The molecule has 5 heteroatoms. The Morgan fingerprint density at radius 3 is 2.62 bits per heavy atom. The molecule has 0 bridgehead atoms. The molecule has 0 aliphatic carbocycles. The lowest BCUT2D eigenvalue weighted by Crippen LogP contribution is -2.50. The van der Waals surface area contributed by atoms with Crippen LogP contribution in [0, 0.1) is 13.8 Å². The third-order valence-corrected chi connectivity index (χ3v) is 4.59. The second-order valence-electron chi connectivity index (χ2n) is 5.86. The van der Waals surface area contributed by atoms with E-state index in [1.54, 1.807) is 7.05 Å². The van der Waals surface area contributed by atoms with Gasteiger partial charge in [0.25, 0.3) is 0 Å². The number of carbonyl (C=O) groups excluding carboxylic acids is 2. The molecular formula is C16H25N3O2. The number of hydrogen-bond donors (Lipinski definition) is 1. The fourth-order valence-corrected chi connectivity index (χ4v) is 3.05. The molecule has 0 spiro atoms. The number of rotatable bonds is 4. The van der Waals surface area contributed by atoms with Gasteiger partial charge < -0.3 is 9.88 Å². The third kappa shape index (κ3) is 3.18. The van der Waals surface area contributed by atoms with Crippen LogP contribution in [0.3, 0.4) is 0 Å². The maximum Gasteiger partial charge on any atom is 0.237 e. The van der Waals surface area contributed by atoms with E-state index in [-0.39, 0.29) is 17.7 Å². The number of nitrogens with zero attached hydrogens (tertiary/aromatic N) is 2. The van der Waals surface area contributed by atoms with Crippen molar-refractivity contribution < 1.29 is 9.59 Å². The van der Waals surface area contributed by atoms with Gasteiger partial charge in [-0.05, 0) is 39.3 Å². The molecule has 0 radical (unpaired) electrons. The first-order chi connectivity index (χ1) is 9.95. The van der Waals surface area contributed by atoms with Crippen molar-refractivity contribution in [2.75, 3.05) is 20.1 Å². The van der Waals surface area contributed by atoms with Crippen molar-refractivity contribution in [2.24, 2.45) is 7.05 Å². The molecule has 5 nitrogen and oxygen atoms in total. The van der Waals surface area contributed by atoms with E-state index in [4.69, 9.17) is 0 Å². The van der Waals surface area contributed by atoms with Crippen molar-refractivity contribution in [1.82, 2.24) is 14.8 Å². The first-order valence-corrected chi connectivity index (χ1v) is 7.57. The number of carbonyl (C=O) groups is 2. The van der Waals surface area contributed by atoms with Crippen molar-refractivity contribution in [2.45, 2.75) is 39.2 Å². The first-order valence-electron chi connectivity index (χ1n) is 7.57. The van der Waals surface area contributed by atoms with Gasteiger partial charge in [0.05, 0.1) is 12.6 Å². The molecule has 1 unspecified atom stereocenters. The van der Waals surface area contributed by atoms with E-state index in [1.165, 1.54) is 0 Å². The minimum absolute atomic E-state index is 0.0171. The van der Waals surface area contributed by atoms with E-state index >= 15 is 0 Å². The van der Waals surface area contributed by atoms with Crippen molar-refractivity contribution in [1.29, 1.82) is 0 Å². The molecule has 2 heterocycles. The number of nitrogens with one attached hydrogen (secondary N) is 1. The van der Waals surface area contributed by atoms with Crippen LogP contribution in [0.5, 0.6) is 0 Å². The summed E-state index contributed by atoms with van der Waals surface area (Å²) >= 11 is 0. The summed E-state index contributed by atoms with van der Waals surface area (Å²) in [7, 11) is 3.62. The van der Waals surface area contributed by atoms with E-state index in [2.05, 4.69) is 5.32 Å². The van der Waals surface area contributed by atoms with Crippen molar-refractivity contribution in [3.8, 4) is 0 Å². The Hall–Kier alpha value is -1.62. The van der Waals surface area contributed by atoms with Gasteiger partial charge in [0.1, 0.15) is 0 Å². The maximum atomic E-state index is 12.6. The number of Topliss-reactive ketones (excluding diaryl/α,β-unsaturated/α-hetero) is 1. The zero-order valence-corrected chi connectivity index (χ0v) is 13.4. The Morgan fingerprint density at radius 1 is 1.33 bits per heavy atom. The van der Waals surface area contributed by atoms with E-state index in [1.807, 2.05) is 36.4 Å². The maximum absolute atomic E-state index is 12.6. The van der Waals surface area contributed by atoms with Crippen LogP contribution in [0.15, 0.2) is 6.07 Å². The standard InChI is InChI=1S/C16H25N3O2/c1-11-9-13(12(2)18(11)4)15(20)10-19-8-6-5-7-14(19)16(21)17-3/h9,14H,5-8,10H2,1-4H3,(H,17,21). The lowest BCUT2D eigenvalue weighted by Gasteiger charge is -2.33. The van der Waals surface area contributed by atoms with Crippen molar-refractivity contribution in [3.05, 3.63) is 23.0 Å². The number of hydrogen-bond acceptors (Lipinski definition) is 3. The smallest absolute Gasteiger partial charge is 0.237 e. The minimum Gasteiger partial charge on any atom is -0.358 e. The number of ketones is 1. The highest BCUT2D eigenvalue weighted by atomic mass is 16.2. The fraction of sp³-hybridized carbons (Fsp3) is 0.625. The Labute approximate surface area is 126 Å². The Bertz CT molecular complexity index is 548. The van der Waals surface area contributed by atoms with Crippen LogP contribution in [0.25, 0.3) is 0 Å². The van der Waals surface area contributed by atoms with Crippen LogP contribution in [0.1, 0.15) is 41.0 Å². The van der Waals surface area contributed by atoms with Gasteiger partial charge in [-0.1, -0.05) is 6.42 Å². The molecule has 1 aromatic heterocycles. The molecule has 2 rings (SSSR count). The monoisotopic (exact) mass is 291 g/mol. The molecular weight excluding hydrogens is 266 g/mol. The zero-order valence-electron chi connectivity index (χ0n) is 13.4. The number of likely N-dealkylation sites (N-methyl/N-ethyl adjacent to an activating group) is 1. The van der Waals surface area contributed by atoms with E-state index < -0.39 is 0 Å². The van der Waals surface area contributed by atoms with Gasteiger partial charge in [0, 0.05) is 31.0 Å². The molecule has 1 atom stereocenters. The molecule has 1 fully saturated rings. The number of aromatic nitrogens is 1. The van der Waals surface area contributed by atoms with E-state index in [9.17, 15) is 9.59 Å². The van der Waals surface area contributed by atoms with E-state index in [0.29, 0.717) is 6.54 Å². The Morgan fingerprint density at radius 2 is 2.05 bits per heavy atom. The van der Waals surface area contributed by atoms with Gasteiger partial charge in [0.15, 0.2) is 5.78 Å². The normalized spacial score (nSPS) is 19.5. The average molecular weight is 291 g/mol. The van der Waals surface area contributed by atoms with Crippen molar-refractivity contribution >= 4 is 11.7 Å². The predicted octanol–water partition coefficient (Wildman–Crippen LogP) is 1.43. The number of amides is 1. The van der Waals surface area contributed by atoms with Crippen LogP contribution in [-0.4, -0.2) is 47.3 Å². The Balaban J connectivity index is 2.13. The summed E-state index contributed by atoms with van der Waals surface area (Å²) in [6, 6.07) is 1.77. The van der Waals surface area contributed by atoms with Crippen LogP contribution in [0.4, 0.5) is 0 Å². The molecule has 1 aliphatic heterocycles. The molecule has 0 aromatic carbocycles. The molecule has 1 N–H and O–H groups in total. The summed E-state index contributed by atoms with van der Waals surface area (Å²) < 4.78 is 2.03. The molecule has 0 saturated carbocycles. The second kappa shape index (κ2) is 6.43. The molecule has 1 saturated heterocycles. The molecule has 21 heavy (non-hydrogen) atoms. The second-order valence-corrected chi connectivity index (χ2v) is 5.86. The quantitative estimate of drug-likeness (QED) is 0.854. The summed E-state index contributed by atoms with van der Waals surface area (Å²) in [6.07, 6.45) is 2.93. The summed E-state index contributed by atoms with van der Waals surface area (Å²) in [6.45, 7) is 5.10. The van der Waals surface area contributed by atoms with E-state index in [0.717, 1.165) is 42.8 Å². The summed E-state index contributed by atoms with van der Waals surface area (Å²) in [5.41, 5.74) is 2.85. The first kappa shape index (κ1) is 15.8. The summed E-state index contributed by atoms with van der Waals surface area (Å²) in [4.78, 5) is 26.5. The lowest BCUT2D eigenvalue weighted by atomic mass is 10.00. The number of piperidine rings is 1. The van der Waals surface area contributed by atoms with Gasteiger partial charge >= 0.3 is 0 Å². The largest absolute Gasteiger partial charge is 0.358 e. The van der Waals surface area contributed by atoms with Crippen molar-refractivity contribution in [3.63, 3.8) is 0 Å². The van der Waals surface area contributed by atoms with Gasteiger partial charge in [-0.2, -0.15) is 0 Å². The topological polar surface area (TPSA) is 54.3 Å². The summed E-state index contributed by atoms with van der Waals surface area (Å²) in [5.74, 6) is 0.121. The molecule has 116 valence electrons. The number of likely N-dealkylation sites (tertiary alicyclic amines) is 1. The SMILES string of the molecule is CNC(=O)C1CCCCN1CC(=O)c1cc(C)n(C)c1C. The molecule has 1 amide bonds. The van der Waals surface area contributed by atoms with Gasteiger partial charge in [-0.15, -0.1) is 0 Å². The van der Waals surface area contributed by atoms with Gasteiger partial charge in [-0.25, -0.2) is 0 Å². The number of aryl methyl sites for hydroxylation is 1. The highest BCUT2D eigenvalue weighted by Gasteiger charge is 2.30. The summed E-state index contributed by atoms with van der Waals surface area (Å²) in [5, 5.41) is 2.71. The van der Waals surface area contributed by atoms with Crippen LogP contribution < -0.4 is 5.32 Å². The highest BCUT2D eigenvalue weighted by Crippen LogP contribution is 2.19. The fourth-order valence-electron chi connectivity index (χ4n) is 3.05. The molecule has 1 aliphatic rings. The van der Waals surface area contributed by atoms with Crippen LogP contribution in [-0.2, 0) is 11.8 Å². The highest BCUT2D eigenvalue weighted by molar-refractivity contribution is 5.99. The lowest BCUT2D eigenvalue weighted by molar-refractivity contribution is -0.126. The zero-order chi connectivity index (χ0) is 15.6. The average Bonchev–Trinajstić information content (AvgIpc) is 2.74. The predicted molar refractivity (Wildman–Crippen MR) is 82.5 cm³/mol. The van der Waals surface area contributed by atoms with Gasteiger partial charge in [-0.3, -0.25) is 14.5 Å². The van der Waals surface area contributed by atoms with Gasteiger partial charge in [0.2, 0.25) is 5.91 Å². The molecule has 1 aromatic rings. The van der Waals surface area contributed by atoms with Crippen LogP contribution >= 0.6 is 0 Å². The van der Waals surface area contributed by atoms with Crippen LogP contribution in [0.2, 0.25) is 0 Å². The third-order valence-electron chi connectivity index (χ3n) is 4.59. The minimum atomic E-state index is -0.169.